The summed E-state index contributed by atoms with van der Waals surface area (Å²) in [7, 11) is 0. The van der Waals surface area contributed by atoms with E-state index in [1.165, 1.54) is 30.9 Å². The Bertz CT molecular complexity index is 2090. The number of thiophene rings is 1. The van der Waals surface area contributed by atoms with E-state index >= 15 is 0 Å². The standard InChI is InChI=1S/C40H28N2S/c1-5-16-30(17-6-1)41(31-18-7-2-8-19-31)35-26-28-37-39(38-34-24-14-13-15-29(34)25-27-36(38)43-37)40(35)42(32-20-9-3-10-21-32)33-22-11-4-12-23-33/h1-28H. The van der Waals surface area contributed by atoms with Gasteiger partial charge >= 0.3 is 0 Å². The first-order chi connectivity index (χ1) is 21.4. The molecule has 0 aliphatic carbocycles. The molecule has 1 aromatic heterocycles. The molecule has 0 fully saturated rings. The summed E-state index contributed by atoms with van der Waals surface area (Å²) in [5.41, 5.74) is 6.72. The van der Waals surface area contributed by atoms with Gasteiger partial charge in [-0.15, -0.1) is 11.3 Å². The van der Waals surface area contributed by atoms with Crippen molar-refractivity contribution in [2.24, 2.45) is 0 Å². The molecule has 0 atom stereocenters. The highest BCUT2D eigenvalue weighted by molar-refractivity contribution is 7.26. The zero-order valence-electron chi connectivity index (χ0n) is 23.5. The van der Waals surface area contributed by atoms with Crippen molar-refractivity contribution in [3.8, 4) is 0 Å². The van der Waals surface area contributed by atoms with Gasteiger partial charge in [0.05, 0.1) is 11.4 Å². The SMILES string of the molecule is c1ccc(N(c2ccccc2)c2ccc3sc4ccc5ccccc5c4c3c2N(c2ccccc2)c2ccccc2)cc1. The summed E-state index contributed by atoms with van der Waals surface area (Å²) in [6.45, 7) is 0. The summed E-state index contributed by atoms with van der Waals surface area (Å²) in [6.07, 6.45) is 0. The normalized spacial score (nSPS) is 11.3. The molecule has 0 spiro atoms. The molecule has 7 aromatic carbocycles. The first kappa shape index (κ1) is 25.3. The molecular weight excluding hydrogens is 541 g/mol. The molecule has 1 heterocycles. The van der Waals surface area contributed by atoms with Crippen LogP contribution in [-0.2, 0) is 0 Å². The van der Waals surface area contributed by atoms with Gasteiger partial charge in [-0.05, 0) is 77.5 Å². The van der Waals surface area contributed by atoms with E-state index in [0.717, 1.165) is 34.1 Å². The highest BCUT2D eigenvalue weighted by Gasteiger charge is 2.26. The van der Waals surface area contributed by atoms with Crippen LogP contribution >= 0.6 is 11.3 Å². The molecule has 2 nitrogen and oxygen atoms in total. The third-order valence-corrected chi connectivity index (χ3v) is 9.12. The third kappa shape index (κ3) is 4.42. The molecule has 8 aromatic rings. The maximum atomic E-state index is 2.44. The fourth-order valence-corrected chi connectivity index (χ4v) is 7.27. The van der Waals surface area contributed by atoms with E-state index in [1.807, 2.05) is 11.3 Å². The fraction of sp³-hybridized carbons (Fsp3) is 0. The van der Waals surface area contributed by atoms with E-state index in [2.05, 4.69) is 180 Å². The first-order valence-corrected chi connectivity index (χ1v) is 15.4. The van der Waals surface area contributed by atoms with Gasteiger partial charge in [0, 0.05) is 42.9 Å². The maximum absolute atomic E-state index is 2.44. The number of rotatable bonds is 6. The van der Waals surface area contributed by atoms with Crippen LogP contribution < -0.4 is 9.80 Å². The van der Waals surface area contributed by atoms with Gasteiger partial charge in [-0.1, -0.05) is 103 Å². The summed E-state index contributed by atoms with van der Waals surface area (Å²) >= 11 is 1.87. The van der Waals surface area contributed by atoms with Crippen molar-refractivity contribution >= 4 is 76.4 Å². The van der Waals surface area contributed by atoms with Gasteiger partial charge < -0.3 is 9.80 Å². The number of hydrogen-bond donors (Lipinski definition) is 0. The van der Waals surface area contributed by atoms with E-state index in [4.69, 9.17) is 0 Å². The largest absolute Gasteiger partial charge is 0.308 e. The van der Waals surface area contributed by atoms with Gasteiger partial charge in [-0.3, -0.25) is 0 Å². The minimum absolute atomic E-state index is 1.11. The second-order valence-electron chi connectivity index (χ2n) is 10.6. The van der Waals surface area contributed by atoms with Crippen LogP contribution in [0.1, 0.15) is 0 Å². The fourth-order valence-electron chi connectivity index (χ4n) is 6.15. The van der Waals surface area contributed by atoms with Crippen molar-refractivity contribution in [2.45, 2.75) is 0 Å². The van der Waals surface area contributed by atoms with Crippen molar-refractivity contribution in [1.82, 2.24) is 0 Å². The summed E-state index contributed by atoms with van der Waals surface area (Å²) in [4.78, 5) is 4.83. The lowest BCUT2D eigenvalue weighted by molar-refractivity contribution is 1.24. The van der Waals surface area contributed by atoms with Gasteiger partial charge in [0.2, 0.25) is 0 Å². The molecule has 8 rings (SSSR count). The average molecular weight is 569 g/mol. The Labute approximate surface area is 255 Å². The molecule has 0 unspecified atom stereocenters. The van der Waals surface area contributed by atoms with Crippen molar-refractivity contribution < 1.29 is 0 Å². The molecule has 0 saturated heterocycles. The lowest BCUT2D eigenvalue weighted by atomic mass is 10.00. The predicted molar refractivity (Wildman–Crippen MR) is 186 cm³/mol. The lowest BCUT2D eigenvalue weighted by Gasteiger charge is -2.34. The van der Waals surface area contributed by atoms with Crippen molar-refractivity contribution in [2.75, 3.05) is 9.80 Å². The number of fused-ring (bicyclic) bond motifs is 5. The molecule has 0 N–H and O–H groups in total. The molecule has 0 aliphatic rings. The zero-order chi connectivity index (χ0) is 28.6. The molecule has 0 radical (unpaired) electrons. The smallest absolute Gasteiger partial charge is 0.0796 e. The molecule has 0 bridgehead atoms. The van der Waals surface area contributed by atoms with Gasteiger partial charge in [0.1, 0.15) is 0 Å². The topological polar surface area (TPSA) is 6.48 Å². The van der Waals surface area contributed by atoms with E-state index < -0.39 is 0 Å². The van der Waals surface area contributed by atoms with Crippen LogP contribution in [0.2, 0.25) is 0 Å². The van der Waals surface area contributed by atoms with Crippen LogP contribution in [0.5, 0.6) is 0 Å². The Morgan fingerprint density at radius 3 is 1.35 bits per heavy atom. The number of nitrogens with zero attached hydrogens (tertiary/aromatic N) is 2. The Morgan fingerprint density at radius 1 is 0.349 bits per heavy atom. The Morgan fingerprint density at radius 2 is 0.791 bits per heavy atom. The number of anilines is 6. The molecule has 0 amide bonds. The van der Waals surface area contributed by atoms with Gasteiger partial charge in [0.15, 0.2) is 0 Å². The molecule has 204 valence electrons. The first-order valence-electron chi connectivity index (χ1n) is 14.5. The van der Waals surface area contributed by atoms with Crippen LogP contribution in [0, 0.1) is 0 Å². The van der Waals surface area contributed by atoms with Gasteiger partial charge in [-0.2, -0.15) is 0 Å². The van der Waals surface area contributed by atoms with Crippen LogP contribution in [0.25, 0.3) is 30.9 Å². The van der Waals surface area contributed by atoms with Crippen molar-refractivity contribution in [3.05, 3.63) is 170 Å². The van der Waals surface area contributed by atoms with E-state index in [0.29, 0.717) is 0 Å². The van der Waals surface area contributed by atoms with Gasteiger partial charge in [0.25, 0.3) is 0 Å². The maximum Gasteiger partial charge on any atom is 0.0796 e. The van der Waals surface area contributed by atoms with E-state index in [-0.39, 0.29) is 0 Å². The predicted octanol–water partition coefficient (Wildman–Crippen LogP) is 12.1. The van der Waals surface area contributed by atoms with Crippen molar-refractivity contribution in [3.63, 3.8) is 0 Å². The number of benzene rings is 7. The van der Waals surface area contributed by atoms with Crippen LogP contribution in [0.4, 0.5) is 34.1 Å². The van der Waals surface area contributed by atoms with Crippen molar-refractivity contribution in [1.29, 1.82) is 0 Å². The van der Waals surface area contributed by atoms with E-state index in [9.17, 15) is 0 Å². The summed E-state index contributed by atoms with van der Waals surface area (Å²) in [6, 6.07) is 60.8. The van der Waals surface area contributed by atoms with Crippen LogP contribution in [0.15, 0.2) is 170 Å². The minimum atomic E-state index is 1.11. The highest BCUT2D eigenvalue weighted by atomic mass is 32.1. The van der Waals surface area contributed by atoms with Gasteiger partial charge in [-0.25, -0.2) is 0 Å². The molecule has 43 heavy (non-hydrogen) atoms. The molecule has 0 saturated carbocycles. The third-order valence-electron chi connectivity index (χ3n) is 8.00. The van der Waals surface area contributed by atoms with Crippen LogP contribution in [-0.4, -0.2) is 0 Å². The number of para-hydroxylation sites is 4. The Balaban J connectivity index is 1.57. The second-order valence-corrected chi connectivity index (χ2v) is 11.7. The molecule has 0 aliphatic heterocycles. The molecular formula is C40H28N2S. The van der Waals surface area contributed by atoms with E-state index in [1.54, 1.807) is 0 Å². The minimum Gasteiger partial charge on any atom is -0.308 e. The summed E-state index contributed by atoms with van der Waals surface area (Å²) in [5, 5.41) is 5.09. The summed E-state index contributed by atoms with van der Waals surface area (Å²) in [5.74, 6) is 0. The Kier molecular flexibility index (Phi) is 6.36. The zero-order valence-corrected chi connectivity index (χ0v) is 24.3. The molecule has 3 heteroatoms. The quantitative estimate of drug-likeness (QED) is 0.197. The highest BCUT2D eigenvalue weighted by Crippen LogP contribution is 2.53. The summed E-state index contributed by atoms with van der Waals surface area (Å²) < 4.78 is 2.56. The lowest BCUT2D eigenvalue weighted by Crippen LogP contribution is -2.17. The second kappa shape index (κ2) is 10.8. The average Bonchev–Trinajstić information content (AvgIpc) is 3.47. The van der Waals surface area contributed by atoms with Crippen LogP contribution in [0.3, 0.4) is 0 Å². The Hall–Kier alpha value is -5.38. The monoisotopic (exact) mass is 568 g/mol. The number of hydrogen-bond acceptors (Lipinski definition) is 3.